The van der Waals surface area contributed by atoms with Crippen molar-refractivity contribution in [2.24, 2.45) is 0 Å². The fourth-order valence-electron chi connectivity index (χ4n) is 4.25. The molecular weight excluding hydrogens is 304 g/mol. The Labute approximate surface area is 154 Å². The van der Waals surface area contributed by atoms with Gasteiger partial charge in [0.2, 0.25) is 0 Å². The zero-order chi connectivity index (χ0) is 15.5. The summed E-state index contributed by atoms with van der Waals surface area (Å²) >= 11 is 0. The van der Waals surface area contributed by atoms with E-state index in [1.165, 1.54) is 75.7 Å². The fraction of sp³-hybridized carbons (Fsp3) is 0.565. The van der Waals surface area contributed by atoms with Crippen LogP contribution in [0.15, 0.2) is 42.5 Å². The van der Waals surface area contributed by atoms with Gasteiger partial charge in [0.15, 0.2) is 0 Å². The lowest BCUT2D eigenvalue weighted by Gasteiger charge is -2.37. The van der Waals surface area contributed by atoms with Gasteiger partial charge < -0.3 is 0 Å². The average molecular weight is 341 g/mol. The van der Waals surface area contributed by atoms with Crippen molar-refractivity contribution in [2.45, 2.75) is 52.9 Å². The number of hydrogen-bond donors (Lipinski definition) is 0. The van der Waals surface area contributed by atoms with E-state index in [0.29, 0.717) is 0 Å². The second-order valence-electron chi connectivity index (χ2n) is 7.32. The van der Waals surface area contributed by atoms with E-state index >= 15 is 0 Å². The van der Waals surface area contributed by atoms with Crippen LogP contribution in [0.4, 0.5) is 0 Å². The first-order valence-corrected chi connectivity index (χ1v) is 9.32. The van der Waals surface area contributed by atoms with Crippen LogP contribution in [0.5, 0.6) is 0 Å². The van der Waals surface area contributed by atoms with E-state index in [4.69, 9.17) is 0 Å². The number of fused-ring (bicyclic) bond motifs is 1. The minimum Gasteiger partial charge on any atom is -0.290 e. The van der Waals surface area contributed by atoms with Crippen molar-refractivity contribution in [3.8, 4) is 0 Å². The maximum Gasteiger partial charge on any atom is 0.0506 e. The molecule has 25 heavy (non-hydrogen) atoms. The lowest BCUT2D eigenvalue weighted by molar-refractivity contribution is 0.0927. The monoisotopic (exact) mass is 340 g/mol. The van der Waals surface area contributed by atoms with Gasteiger partial charge in [-0.05, 0) is 74.1 Å². The second kappa shape index (κ2) is 9.35. The largest absolute Gasteiger partial charge is 0.290 e. The van der Waals surface area contributed by atoms with Crippen LogP contribution in [-0.4, -0.2) is 42.6 Å². The molecule has 0 radical (unpaired) electrons. The number of piperidine rings is 2. The van der Waals surface area contributed by atoms with Crippen molar-refractivity contribution >= 4 is 10.8 Å². The number of likely N-dealkylation sites (tertiary alicyclic amines) is 2. The van der Waals surface area contributed by atoms with Gasteiger partial charge in [-0.2, -0.15) is 0 Å². The summed E-state index contributed by atoms with van der Waals surface area (Å²) in [6.45, 7) is 6.33. The van der Waals surface area contributed by atoms with E-state index in [-0.39, 0.29) is 14.9 Å². The molecular formula is C23H36N2. The predicted molar refractivity (Wildman–Crippen MR) is 111 cm³/mol. The van der Waals surface area contributed by atoms with E-state index in [1.807, 2.05) is 0 Å². The molecule has 2 heterocycles. The van der Waals surface area contributed by atoms with Crippen LogP contribution in [0.2, 0.25) is 0 Å². The molecule has 0 atom stereocenters. The number of nitrogens with zero attached hydrogens (tertiary/aromatic N) is 2. The van der Waals surface area contributed by atoms with Crippen LogP contribution in [0.25, 0.3) is 10.8 Å². The third-order valence-electron chi connectivity index (χ3n) is 5.68. The Hall–Kier alpha value is -1.38. The topological polar surface area (TPSA) is 6.48 Å². The minimum atomic E-state index is 0. The third-order valence-corrected chi connectivity index (χ3v) is 5.68. The van der Waals surface area contributed by atoms with Crippen LogP contribution < -0.4 is 0 Å². The lowest BCUT2D eigenvalue weighted by Crippen LogP contribution is -2.43. The summed E-state index contributed by atoms with van der Waals surface area (Å²) < 4.78 is 0. The lowest BCUT2D eigenvalue weighted by atomic mass is 9.88. The molecule has 0 saturated carbocycles. The first kappa shape index (κ1) is 19.9. The molecule has 2 nitrogen and oxygen atoms in total. The van der Waals surface area contributed by atoms with Gasteiger partial charge in [0.1, 0.15) is 0 Å². The Kier molecular flexibility index (Phi) is 7.46. The molecule has 138 valence electrons. The highest BCUT2D eigenvalue weighted by atomic mass is 15.3. The fourth-order valence-corrected chi connectivity index (χ4v) is 4.25. The van der Waals surface area contributed by atoms with Crippen molar-refractivity contribution in [1.29, 1.82) is 0 Å². The molecule has 2 aromatic carbocycles. The molecule has 0 bridgehead atoms. The van der Waals surface area contributed by atoms with Crippen molar-refractivity contribution in [3.05, 3.63) is 48.0 Å². The molecule has 4 rings (SSSR count). The second-order valence-corrected chi connectivity index (χ2v) is 7.32. The maximum atomic E-state index is 2.67. The first-order chi connectivity index (χ1) is 11.4. The van der Waals surface area contributed by atoms with Crippen LogP contribution in [-0.2, 0) is 0 Å². The smallest absolute Gasteiger partial charge is 0.0506 e. The highest BCUT2D eigenvalue weighted by molar-refractivity contribution is 5.83. The highest BCUT2D eigenvalue weighted by Gasteiger charge is 2.22. The van der Waals surface area contributed by atoms with E-state index in [2.05, 4.69) is 52.3 Å². The van der Waals surface area contributed by atoms with Gasteiger partial charge in [0, 0.05) is 0 Å². The van der Waals surface area contributed by atoms with Gasteiger partial charge in [0.25, 0.3) is 0 Å². The van der Waals surface area contributed by atoms with Gasteiger partial charge in [-0.3, -0.25) is 9.80 Å². The molecule has 2 aliphatic rings. The normalized spacial score (nSPS) is 20.0. The Morgan fingerprint density at radius 3 is 2.08 bits per heavy atom. The summed E-state index contributed by atoms with van der Waals surface area (Å²) in [6, 6.07) is 15.8. The minimum absolute atomic E-state index is 0. The summed E-state index contributed by atoms with van der Waals surface area (Å²) in [7, 11) is 0. The van der Waals surface area contributed by atoms with E-state index < -0.39 is 0 Å². The number of hydrogen-bond acceptors (Lipinski definition) is 2. The summed E-state index contributed by atoms with van der Waals surface area (Å²) in [5.41, 5.74) is 1.54. The van der Waals surface area contributed by atoms with Crippen LogP contribution in [0, 0.1) is 0 Å². The van der Waals surface area contributed by atoms with Crippen molar-refractivity contribution in [2.75, 3.05) is 32.8 Å². The molecule has 2 aromatic rings. The summed E-state index contributed by atoms with van der Waals surface area (Å²) in [4.78, 5) is 5.32. The molecule has 0 aliphatic carbocycles. The Morgan fingerprint density at radius 1 is 0.720 bits per heavy atom. The van der Waals surface area contributed by atoms with Crippen molar-refractivity contribution in [3.63, 3.8) is 0 Å². The summed E-state index contributed by atoms with van der Waals surface area (Å²) in [5, 5.41) is 2.75. The average Bonchev–Trinajstić information content (AvgIpc) is 2.63. The molecule has 2 fully saturated rings. The molecule has 2 aliphatic heterocycles. The van der Waals surface area contributed by atoms with Crippen LogP contribution in [0.1, 0.15) is 58.4 Å². The zero-order valence-electron chi connectivity index (χ0n) is 14.1. The summed E-state index contributed by atoms with van der Waals surface area (Å²) in [6.07, 6.45) is 6.85. The SMILES string of the molecule is C.C.c1ccc2cc(C3CCN(CN4CCCCC4)CC3)ccc2c1. The zero-order valence-corrected chi connectivity index (χ0v) is 14.1. The van der Waals surface area contributed by atoms with Crippen LogP contribution in [0.3, 0.4) is 0 Å². The van der Waals surface area contributed by atoms with Crippen molar-refractivity contribution in [1.82, 2.24) is 9.80 Å². The Bertz CT molecular complexity index is 637. The number of benzene rings is 2. The van der Waals surface area contributed by atoms with E-state index in [0.717, 1.165) is 5.92 Å². The quantitative estimate of drug-likeness (QED) is 0.703. The molecule has 0 spiro atoms. The van der Waals surface area contributed by atoms with Crippen LogP contribution >= 0.6 is 0 Å². The molecule has 2 saturated heterocycles. The Balaban J connectivity index is 0.00000113. The van der Waals surface area contributed by atoms with E-state index in [9.17, 15) is 0 Å². The summed E-state index contributed by atoms with van der Waals surface area (Å²) in [5.74, 6) is 0.747. The first-order valence-electron chi connectivity index (χ1n) is 9.32. The van der Waals surface area contributed by atoms with Gasteiger partial charge in [-0.1, -0.05) is 63.7 Å². The van der Waals surface area contributed by atoms with Gasteiger partial charge in [-0.25, -0.2) is 0 Å². The Morgan fingerprint density at radius 2 is 1.36 bits per heavy atom. The van der Waals surface area contributed by atoms with Gasteiger partial charge in [-0.15, -0.1) is 0 Å². The van der Waals surface area contributed by atoms with Gasteiger partial charge >= 0.3 is 0 Å². The number of rotatable bonds is 3. The predicted octanol–water partition coefficient (Wildman–Crippen LogP) is 5.73. The van der Waals surface area contributed by atoms with E-state index in [1.54, 1.807) is 5.56 Å². The standard InChI is InChI=1S/C21H28N2.2CH4/c1-4-12-22(13-5-1)17-23-14-10-19(11-15-23)21-9-8-18-6-2-3-7-20(18)16-21;;/h2-3,6-9,16,19H,1,4-5,10-15,17H2;2*1H4. The molecule has 0 aromatic heterocycles. The van der Waals surface area contributed by atoms with Crippen molar-refractivity contribution < 1.29 is 0 Å². The highest BCUT2D eigenvalue weighted by Crippen LogP contribution is 2.30. The maximum absolute atomic E-state index is 2.67. The molecule has 2 heteroatoms. The molecule has 0 unspecified atom stereocenters. The molecule has 0 amide bonds. The third kappa shape index (κ3) is 4.83. The van der Waals surface area contributed by atoms with Gasteiger partial charge in [0.05, 0.1) is 6.67 Å². The molecule has 0 N–H and O–H groups in total.